The Morgan fingerprint density at radius 2 is 2.02 bits per heavy atom. The van der Waals surface area contributed by atoms with Gasteiger partial charge in [0.2, 0.25) is 0 Å². The third-order valence-electron chi connectivity index (χ3n) is 8.35. The number of nitrogens with zero attached hydrogens (tertiary/aromatic N) is 4. The van der Waals surface area contributed by atoms with Crippen LogP contribution in [0, 0.1) is 12.7 Å². The SMILES string of the molecule is COC(=O)c1ncccc1N1CCCCC1(Cc1cn(C2CC2)c2cc(Cl)c(F)cc2c1=O)NCc1ccnc(C)c1. The zero-order valence-electron chi connectivity index (χ0n) is 23.7. The summed E-state index contributed by atoms with van der Waals surface area (Å²) >= 11 is 6.15. The Kier molecular flexibility index (Phi) is 7.72. The number of carbonyl (C=O) groups is 1. The highest BCUT2D eigenvalue weighted by molar-refractivity contribution is 6.31. The quantitative estimate of drug-likeness (QED) is 0.262. The van der Waals surface area contributed by atoms with Crippen LogP contribution >= 0.6 is 11.6 Å². The van der Waals surface area contributed by atoms with Gasteiger partial charge in [-0.2, -0.15) is 0 Å². The minimum Gasteiger partial charge on any atom is -0.464 e. The number of anilines is 1. The van der Waals surface area contributed by atoms with E-state index < -0.39 is 17.4 Å². The fourth-order valence-corrected chi connectivity index (χ4v) is 6.32. The molecule has 1 saturated carbocycles. The molecular weight excluding hydrogens is 557 g/mol. The number of halogens is 2. The molecule has 1 aliphatic carbocycles. The molecule has 0 bridgehead atoms. The van der Waals surface area contributed by atoms with Crippen LogP contribution in [-0.4, -0.2) is 39.8 Å². The number of hydrogen-bond acceptors (Lipinski definition) is 7. The van der Waals surface area contributed by atoms with Gasteiger partial charge in [-0.3, -0.25) is 15.1 Å². The van der Waals surface area contributed by atoms with Crippen LogP contribution in [0.25, 0.3) is 10.9 Å². The van der Waals surface area contributed by atoms with E-state index in [9.17, 15) is 14.0 Å². The molecule has 8 nitrogen and oxygen atoms in total. The second-order valence-corrected chi connectivity index (χ2v) is 11.7. The summed E-state index contributed by atoms with van der Waals surface area (Å²) in [7, 11) is 1.34. The normalized spacial score (nSPS) is 18.8. The second-order valence-electron chi connectivity index (χ2n) is 11.2. The average Bonchev–Trinajstić information content (AvgIpc) is 3.84. The molecule has 10 heteroatoms. The van der Waals surface area contributed by atoms with E-state index in [0.29, 0.717) is 48.1 Å². The number of hydrogen-bond donors (Lipinski definition) is 1. The van der Waals surface area contributed by atoms with Crippen molar-refractivity contribution < 1.29 is 13.9 Å². The Morgan fingerprint density at radius 1 is 1.19 bits per heavy atom. The first-order valence-corrected chi connectivity index (χ1v) is 14.7. The molecule has 0 spiro atoms. The summed E-state index contributed by atoms with van der Waals surface area (Å²) in [5.74, 6) is -1.14. The van der Waals surface area contributed by atoms with Crippen LogP contribution in [0.1, 0.15) is 65.5 Å². The molecule has 1 atom stereocenters. The summed E-state index contributed by atoms with van der Waals surface area (Å²) in [6, 6.07) is 10.7. The van der Waals surface area contributed by atoms with E-state index in [1.165, 1.54) is 13.2 Å². The van der Waals surface area contributed by atoms with Gasteiger partial charge in [0.1, 0.15) is 5.82 Å². The number of aromatic nitrogens is 3. The lowest BCUT2D eigenvalue weighted by molar-refractivity contribution is 0.0594. The second kappa shape index (κ2) is 11.5. The maximum absolute atomic E-state index is 14.7. The highest BCUT2D eigenvalue weighted by Gasteiger charge is 2.41. The molecule has 1 saturated heterocycles. The molecule has 2 fully saturated rings. The van der Waals surface area contributed by atoms with Gasteiger partial charge in [0.05, 0.1) is 29.0 Å². The number of methoxy groups -OCH3 is 1. The molecule has 1 N–H and O–H groups in total. The van der Waals surface area contributed by atoms with Crippen LogP contribution in [0.15, 0.2) is 59.8 Å². The molecule has 4 aromatic rings. The third-order valence-corrected chi connectivity index (χ3v) is 8.64. The number of carbonyl (C=O) groups excluding carboxylic acids is 1. The Bertz CT molecular complexity index is 1720. The molecule has 42 heavy (non-hydrogen) atoms. The summed E-state index contributed by atoms with van der Waals surface area (Å²) in [6.45, 7) is 3.11. The molecule has 1 unspecified atom stereocenters. The fourth-order valence-electron chi connectivity index (χ4n) is 6.16. The van der Waals surface area contributed by atoms with E-state index in [2.05, 4.69) is 24.8 Å². The van der Waals surface area contributed by atoms with E-state index in [-0.39, 0.29) is 22.2 Å². The zero-order valence-corrected chi connectivity index (χ0v) is 24.5. The van der Waals surface area contributed by atoms with E-state index in [1.807, 2.05) is 31.3 Å². The largest absolute Gasteiger partial charge is 0.464 e. The van der Waals surface area contributed by atoms with Gasteiger partial charge in [0.25, 0.3) is 0 Å². The lowest BCUT2D eigenvalue weighted by atomic mass is 9.87. The number of piperidine rings is 1. The van der Waals surface area contributed by atoms with Gasteiger partial charge >= 0.3 is 5.97 Å². The molecule has 1 aliphatic heterocycles. The number of ether oxygens (including phenoxy) is 1. The molecule has 0 radical (unpaired) electrons. The first-order chi connectivity index (χ1) is 20.3. The third kappa shape index (κ3) is 5.39. The molecule has 6 rings (SSSR count). The summed E-state index contributed by atoms with van der Waals surface area (Å²) in [6.07, 6.45) is 10.1. The molecule has 218 valence electrons. The topological polar surface area (TPSA) is 89.4 Å². The Morgan fingerprint density at radius 3 is 2.79 bits per heavy atom. The number of pyridine rings is 3. The highest BCUT2D eigenvalue weighted by atomic mass is 35.5. The van der Waals surface area contributed by atoms with E-state index in [1.54, 1.807) is 24.5 Å². The van der Waals surface area contributed by atoms with Gasteiger partial charge in [-0.05, 0) is 81.0 Å². The predicted octanol–water partition coefficient (Wildman–Crippen LogP) is 5.73. The minimum atomic E-state index is -0.750. The predicted molar refractivity (Wildman–Crippen MR) is 160 cm³/mol. The first kappa shape index (κ1) is 28.3. The summed E-state index contributed by atoms with van der Waals surface area (Å²) in [5, 5.41) is 4.11. The molecule has 3 aromatic heterocycles. The highest BCUT2D eigenvalue weighted by Crippen LogP contribution is 2.39. The first-order valence-electron chi connectivity index (χ1n) is 14.3. The van der Waals surface area contributed by atoms with Crippen LogP contribution in [0.4, 0.5) is 10.1 Å². The molecule has 0 amide bonds. The van der Waals surface area contributed by atoms with Crippen LogP contribution in [0.2, 0.25) is 5.02 Å². The van der Waals surface area contributed by atoms with E-state index >= 15 is 0 Å². The van der Waals surface area contributed by atoms with Gasteiger partial charge in [0.15, 0.2) is 11.1 Å². The van der Waals surface area contributed by atoms with Crippen molar-refractivity contribution in [3.8, 4) is 0 Å². The van der Waals surface area contributed by atoms with Crippen molar-refractivity contribution >= 4 is 34.2 Å². The van der Waals surface area contributed by atoms with Crippen molar-refractivity contribution in [2.24, 2.45) is 0 Å². The van der Waals surface area contributed by atoms with Gasteiger partial charge in [-0.15, -0.1) is 0 Å². The van der Waals surface area contributed by atoms with Crippen molar-refractivity contribution in [3.63, 3.8) is 0 Å². The van der Waals surface area contributed by atoms with Crippen molar-refractivity contribution in [2.45, 2.75) is 63.7 Å². The summed E-state index contributed by atoms with van der Waals surface area (Å²) in [4.78, 5) is 37.7. The fraction of sp³-hybridized carbons (Fsp3) is 0.375. The number of nitrogens with one attached hydrogen (secondary N) is 1. The van der Waals surface area contributed by atoms with Gasteiger partial charge < -0.3 is 14.2 Å². The maximum atomic E-state index is 14.7. The van der Waals surface area contributed by atoms with Crippen LogP contribution in [0.5, 0.6) is 0 Å². The van der Waals surface area contributed by atoms with Crippen LogP contribution in [0.3, 0.4) is 0 Å². The molecule has 1 aromatic carbocycles. The number of rotatable bonds is 8. The van der Waals surface area contributed by atoms with Gasteiger partial charge in [0, 0.05) is 60.8 Å². The lowest BCUT2D eigenvalue weighted by Gasteiger charge is -2.49. The average molecular weight is 590 g/mol. The van der Waals surface area contributed by atoms with Gasteiger partial charge in [-0.25, -0.2) is 14.2 Å². The van der Waals surface area contributed by atoms with Crippen molar-refractivity contribution in [3.05, 3.63) is 98.6 Å². The van der Waals surface area contributed by atoms with Crippen molar-refractivity contribution in [1.82, 2.24) is 19.9 Å². The number of aryl methyl sites for hydroxylation is 1. The van der Waals surface area contributed by atoms with Crippen molar-refractivity contribution in [1.29, 1.82) is 0 Å². The molecule has 4 heterocycles. The molecule has 2 aliphatic rings. The van der Waals surface area contributed by atoms with Crippen molar-refractivity contribution in [2.75, 3.05) is 18.6 Å². The standard InChI is InChI=1S/C32H33ClFN5O3/c1-20-14-21(9-12-35-20)18-37-32(10-3-4-13-39(32)27-6-5-11-36-29(27)31(41)42-2)17-22-19-38(23-7-8-23)28-16-25(33)26(34)15-24(28)30(22)40/h5-6,9,11-12,14-16,19,23,37H,3-4,7-8,10,13,17-18H2,1-2H3. The summed E-state index contributed by atoms with van der Waals surface area (Å²) in [5.41, 5.74) is 3.08. The molecular formula is C32H33ClFN5O3. The number of esters is 1. The van der Waals surface area contributed by atoms with E-state index in [0.717, 1.165) is 36.9 Å². The summed E-state index contributed by atoms with van der Waals surface area (Å²) < 4.78 is 21.8. The monoisotopic (exact) mass is 589 g/mol. The van der Waals surface area contributed by atoms with E-state index in [4.69, 9.17) is 16.3 Å². The zero-order chi connectivity index (χ0) is 29.4. The smallest absolute Gasteiger partial charge is 0.358 e. The Hall–Kier alpha value is -3.82. The number of fused-ring (bicyclic) bond motifs is 1. The maximum Gasteiger partial charge on any atom is 0.358 e. The Balaban J connectivity index is 1.50. The van der Waals surface area contributed by atoms with Crippen LogP contribution in [-0.2, 0) is 17.7 Å². The Labute approximate surface area is 248 Å². The van der Waals surface area contributed by atoms with Crippen LogP contribution < -0.4 is 15.6 Å². The van der Waals surface area contributed by atoms with Gasteiger partial charge in [-0.1, -0.05) is 11.6 Å². The lowest BCUT2D eigenvalue weighted by Crippen LogP contribution is -2.63. The number of benzene rings is 1. The minimum absolute atomic E-state index is 0.000189.